The number of halogens is 3. The minimum Gasteiger partial charge on any atom is -0.465 e. The number of likely N-dealkylation sites (tertiary alicyclic amines) is 1. The van der Waals surface area contributed by atoms with Gasteiger partial charge in [-0.3, -0.25) is 4.99 Å². The van der Waals surface area contributed by atoms with Crippen LogP contribution in [0, 0.1) is 0 Å². The molecule has 1 saturated heterocycles. The second-order valence-corrected chi connectivity index (χ2v) is 8.57. The topological polar surface area (TPSA) is 45.1 Å². The molecule has 1 aromatic rings. The van der Waals surface area contributed by atoms with Crippen LogP contribution in [-0.2, 0) is 4.74 Å². The Balaban J connectivity index is 1.73. The van der Waals surface area contributed by atoms with E-state index in [1.807, 2.05) is 31.2 Å². The van der Waals surface area contributed by atoms with Crippen LogP contribution in [-0.4, -0.2) is 53.5 Å². The van der Waals surface area contributed by atoms with Gasteiger partial charge in [-0.2, -0.15) is 13.2 Å². The number of carbonyl (C=O) groups excluding carboxylic acids is 1. The molecule has 168 valence electrons. The van der Waals surface area contributed by atoms with Crippen LogP contribution in [0.2, 0.25) is 0 Å². The average Bonchev–Trinajstić information content (AvgIpc) is 3.21. The van der Waals surface area contributed by atoms with Gasteiger partial charge in [0.2, 0.25) is 0 Å². The Morgan fingerprint density at radius 2 is 1.77 bits per heavy atom. The van der Waals surface area contributed by atoms with E-state index in [9.17, 15) is 18.0 Å². The second kappa shape index (κ2) is 8.40. The standard InChI is InChI=1S/C23H28F3N3O2/c1-15(28-13-20(27-14-28)23(24,25)26)6-7-16(2)29-19(12-22(29,3)4)17-8-10-18(11-9-17)21(30)31-5/h6-11,19H,12-14H2,1-5H3. The summed E-state index contributed by atoms with van der Waals surface area (Å²) >= 11 is 0. The molecule has 2 aliphatic rings. The van der Waals surface area contributed by atoms with Gasteiger partial charge in [-0.1, -0.05) is 12.1 Å². The molecule has 0 bridgehead atoms. The molecule has 0 saturated carbocycles. The van der Waals surface area contributed by atoms with E-state index in [4.69, 9.17) is 4.74 Å². The maximum Gasteiger partial charge on any atom is 0.430 e. The summed E-state index contributed by atoms with van der Waals surface area (Å²) in [5.74, 6) is -0.367. The predicted octanol–water partition coefficient (Wildman–Crippen LogP) is 5.08. The van der Waals surface area contributed by atoms with Gasteiger partial charge in [-0.15, -0.1) is 0 Å². The summed E-state index contributed by atoms with van der Waals surface area (Å²) in [5.41, 5.74) is 2.58. The van der Waals surface area contributed by atoms with Crippen LogP contribution in [0.3, 0.4) is 0 Å². The number of methoxy groups -OCH3 is 1. The lowest BCUT2D eigenvalue weighted by molar-refractivity contribution is -0.0598. The summed E-state index contributed by atoms with van der Waals surface area (Å²) in [6.45, 7) is 7.91. The molecule has 31 heavy (non-hydrogen) atoms. The van der Waals surface area contributed by atoms with Crippen LogP contribution < -0.4 is 0 Å². The van der Waals surface area contributed by atoms with Crippen molar-refractivity contribution in [2.45, 2.75) is 51.9 Å². The van der Waals surface area contributed by atoms with Gasteiger partial charge in [0.15, 0.2) is 0 Å². The number of rotatable bonds is 5. The van der Waals surface area contributed by atoms with Crippen molar-refractivity contribution in [3.63, 3.8) is 0 Å². The molecule has 3 rings (SSSR count). The minimum absolute atomic E-state index is 0.0223. The fraction of sp³-hybridized carbons (Fsp3) is 0.478. The van der Waals surface area contributed by atoms with Crippen molar-refractivity contribution in [1.82, 2.24) is 9.80 Å². The molecular weight excluding hydrogens is 407 g/mol. The smallest absolute Gasteiger partial charge is 0.430 e. The van der Waals surface area contributed by atoms with E-state index in [2.05, 4.69) is 23.7 Å². The van der Waals surface area contributed by atoms with E-state index in [1.54, 1.807) is 24.0 Å². The van der Waals surface area contributed by atoms with Crippen molar-refractivity contribution in [3.05, 3.63) is 58.9 Å². The summed E-state index contributed by atoms with van der Waals surface area (Å²) < 4.78 is 43.2. The number of allylic oxidation sites excluding steroid dienone is 4. The third-order valence-electron chi connectivity index (χ3n) is 5.92. The molecule has 8 heteroatoms. The third-order valence-corrected chi connectivity index (χ3v) is 5.92. The number of hydrogen-bond acceptors (Lipinski definition) is 5. The fourth-order valence-electron chi connectivity index (χ4n) is 4.22. The summed E-state index contributed by atoms with van der Waals surface area (Å²) in [4.78, 5) is 19.2. The molecule has 1 aromatic carbocycles. The molecule has 1 fully saturated rings. The number of esters is 1. The first-order valence-corrected chi connectivity index (χ1v) is 10.1. The maximum atomic E-state index is 12.8. The highest BCUT2D eigenvalue weighted by atomic mass is 19.4. The van der Waals surface area contributed by atoms with Crippen molar-refractivity contribution in [2.24, 2.45) is 4.99 Å². The Hall–Kier alpha value is -2.77. The van der Waals surface area contributed by atoms with Crippen LogP contribution in [0.5, 0.6) is 0 Å². The van der Waals surface area contributed by atoms with Gasteiger partial charge in [-0.25, -0.2) is 4.79 Å². The van der Waals surface area contributed by atoms with Gasteiger partial charge in [0, 0.05) is 16.9 Å². The van der Waals surface area contributed by atoms with Crippen LogP contribution in [0.4, 0.5) is 13.2 Å². The molecular formula is C23H28F3N3O2. The highest BCUT2D eigenvalue weighted by Crippen LogP contribution is 2.48. The van der Waals surface area contributed by atoms with Crippen molar-refractivity contribution in [3.8, 4) is 0 Å². The van der Waals surface area contributed by atoms with Gasteiger partial charge in [0.1, 0.15) is 12.4 Å². The third kappa shape index (κ3) is 4.78. The molecule has 0 radical (unpaired) electrons. The molecule has 0 spiro atoms. The number of aliphatic imine (C=N–C) groups is 1. The normalized spacial score (nSPS) is 21.7. The first kappa shape index (κ1) is 22.9. The molecule has 2 heterocycles. The molecule has 1 atom stereocenters. The summed E-state index contributed by atoms with van der Waals surface area (Å²) in [6, 6.07) is 7.57. The van der Waals surface area contributed by atoms with E-state index in [0.29, 0.717) is 5.56 Å². The van der Waals surface area contributed by atoms with Gasteiger partial charge < -0.3 is 14.5 Å². The summed E-state index contributed by atoms with van der Waals surface area (Å²) in [7, 11) is 1.36. The van der Waals surface area contributed by atoms with Gasteiger partial charge in [0.25, 0.3) is 0 Å². The Labute approximate surface area is 180 Å². The predicted molar refractivity (Wildman–Crippen MR) is 114 cm³/mol. The molecule has 0 aromatic heterocycles. The van der Waals surface area contributed by atoms with Gasteiger partial charge >= 0.3 is 12.1 Å². The molecule has 5 nitrogen and oxygen atoms in total. The van der Waals surface area contributed by atoms with Gasteiger partial charge in [-0.05, 0) is 64.0 Å². The van der Waals surface area contributed by atoms with E-state index >= 15 is 0 Å². The molecule has 0 aliphatic carbocycles. The van der Waals surface area contributed by atoms with E-state index < -0.39 is 11.9 Å². The average molecular weight is 435 g/mol. The minimum atomic E-state index is -4.38. The summed E-state index contributed by atoms with van der Waals surface area (Å²) in [5, 5.41) is 0. The van der Waals surface area contributed by atoms with E-state index in [1.165, 1.54) is 7.11 Å². The number of hydrogen-bond donors (Lipinski definition) is 0. The molecule has 2 aliphatic heterocycles. The highest BCUT2D eigenvalue weighted by Gasteiger charge is 2.45. The number of alkyl halides is 3. The zero-order valence-electron chi connectivity index (χ0n) is 18.5. The lowest BCUT2D eigenvalue weighted by atomic mass is 9.77. The van der Waals surface area contributed by atoms with Crippen LogP contribution in [0.15, 0.2) is 52.8 Å². The Kier molecular flexibility index (Phi) is 6.21. The van der Waals surface area contributed by atoms with Crippen LogP contribution >= 0.6 is 0 Å². The maximum absolute atomic E-state index is 12.8. The van der Waals surface area contributed by atoms with Crippen LogP contribution in [0.25, 0.3) is 0 Å². The highest BCUT2D eigenvalue weighted by molar-refractivity contribution is 5.92. The van der Waals surface area contributed by atoms with E-state index in [0.717, 1.165) is 23.4 Å². The second-order valence-electron chi connectivity index (χ2n) is 8.57. The number of ether oxygens (including phenoxy) is 1. The SMILES string of the molecule is COC(=O)c1ccc(C2CC(C)(C)N2C(C)=CC=C(C)N2CN=C(C(F)(F)F)C2)cc1. The van der Waals surface area contributed by atoms with Crippen molar-refractivity contribution in [1.29, 1.82) is 0 Å². The Morgan fingerprint density at radius 3 is 2.29 bits per heavy atom. The number of benzene rings is 1. The molecule has 1 unspecified atom stereocenters. The lowest BCUT2D eigenvalue weighted by Crippen LogP contribution is -2.56. The van der Waals surface area contributed by atoms with Gasteiger partial charge in [0.05, 0.1) is 25.3 Å². The van der Waals surface area contributed by atoms with Crippen molar-refractivity contribution in [2.75, 3.05) is 20.3 Å². The quantitative estimate of drug-likeness (QED) is 0.478. The zero-order valence-corrected chi connectivity index (χ0v) is 18.5. The number of carbonyl (C=O) groups is 1. The lowest BCUT2D eigenvalue weighted by Gasteiger charge is -2.57. The Morgan fingerprint density at radius 1 is 1.16 bits per heavy atom. The van der Waals surface area contributed by atoms with Crippen molar-refractivity contribution < 1.29 is 22.7 Å². The molecule has 0 amide bonds. The summed E-state index contributed by atoms with van der Waals surface area (Å²) in [6.07, 6.45) is 0.361. The Bertz CT molecular complexity index is 930. The number of nitrogens with zero attached hydrogens (tertiary/aromatic N) is 3. The monoisotopic (exact) mass is 435 g/mol. The fourth-order valence-corrected chi connectivity index (χ4v) is 4.22. The van der Waals surface area contributed by atoms with Crippen LogP contribution in [0.1, 0.15) is 56.1 Å². The first-order valence-electron chi connectivity index (χ1n) is 10.1. The largest absolute Gasteiger partial charge is 0.465 e. The van der Waals surface area contributed by atoms with E-state index in [-0.39, 0.29) is 30.8 Å². The van der Waals surface area contributed by atoms with Crippen molar-refractivity contribution >= 4 is 11.7 Å². The first-order chi connectivity index (χ1) is 14.4. The zero-order chi connectivity index (χ0) is 23.0. The molecule has 0 N–H and O–H groups in total.